The zero-order chi connectivity index (χ0) is 13.1. The lowest BCUT2D eigenvalue weighted by molar-refractivity contribution is 1.14. The molecule has 0 aromatic heterocycles. The quantitative estimate of drug-likeness (QED) is 0.701. The Morgan fingerprint density at radius 2 is 1.94 bits per heavy atom. The Labute approximate surface area is 129 Å². The summed E-state index contributed by atoms with van der Waals surface area (Å²) in [5, 5.41) is 4.15. The second-order valence-corrected chi connectivity index (χ2v) is 6.24. The Balaban J connectivity index is 2.13. The van der Waals surface area contributed by atoms with Gasteiger partial charge in [0.15, 0.2) is 0 Å². The van der Waals surface area contributed by atoms with E-state index in [1.165, 1.54) is 5.56 Å². The third-order valence-electron chi connectivity index (χ3n) is 2.62. The van der Waals surface area contributed by atoms with Crippen molar-refractivity contribution in [1.29, 1.82) is 0 Å². The second-order valence-electron chi connectivity index (χ2n) is 4.06. The minimum absolute atomic E-state index is 0.761. The van der Waals surface area contributed by atoms with E-state index >= 15 is 0 Å². The van der Waals surface area contributed by atoms with Gasteiger partial charge in [-0.2, -0.15) is 0 Å². The maximum atomic E-state index is 6.12. The van der Waals surface area contributed by atoms with E-state index in [0.29, 0.717) is 0 Å². The van der Waals surface area contributed by atoms with Crippen molar-refractivity contribution < 1.29 is 0 Å². The maximum absolute atomic E-state index is 6.12. The molecular weight excluding hydrogens is 377 g/mol. The van der Waals surface area contributed by atoms with Crippen LogP contribution >= 0.6 is 43.5 Å². The molecule has 1 nitrogen and oxygen atoms in total. The van der Waals surface area contributed by atoms with Crippen LogP contribution in [0.5, 0.6) is 0 Å². The molecule has 0 unspecified atom stereocenters. The Morgan fingerprint density at radius 3 is 2.67 bits per heavy atom. The molecule has 0 aliphatic heterocycles. The van der Waals surface area contributed by atoms with E-state index in [0.717, 1.165) is 31.8 Å². The van der Waals surface area contributed by atoms with Crippen molar-refractivity contribution in [1.82, 2.24) is 0 Å². The molecule has 0 bridgehead atoms. The fraction of sp³-hybridized carbons (Fsp3) is 0.143. The fourth-order valence-corrected chi connectivity index (χ4v) is 2.83. The van der Waals surface area contributed by atoms with Crippen LogP contribution < -0.4 is 5.32 Å². The average molecular weight is 390 g/mol. The van der Waals surface area contributed by atoms with E-state index in [-0.39, 0.29) is 0 Å². The molecule has 0 radical (unpaired) electrons. The van der Waals surface area contributed by atoms with Crippen LogP contribution in [0.1, 0.15) is 11.1 Å². The molecule has 2 rings (SSSR count). The molecule has 0 aliphatic rings. The Hall–Kier alpha value is -0.510. The van der Waals surface area contributed by atoms with Crippen LogP contribution in [0.4, 0.5) is 5.69 Å². The molecule has 0 saturated carbocycles. The van der Waals surface area contributed by atoms with E-state index in [9.17, 15) is 0 Å². The van der Waals surface area contributed by atoms with Gasteiger partial charge in [-0.05, 0) is 58.2 Å². The summed E-state index contributed by atoms with van der Waals surface area (Å²) in [6, 6.07) is 12.2. The van der Waals surface area contributed by atoms with Crippen molar-refractivity contribution in [2.45, 2.75) is 13.5 Å². The highest BCUT2D eigenvalue weighted by Crippen LogP contribution is 2.29. The summed E-state index contributed by atoms with van der Waals surface area (Å²) in [5.41, 5.74) is 3.29. The van der Waals surface area contributed by atoms with Crippen LogP contribution in [0.2, 0.25) is 5.02 Å². The van der Waals surface area contributed by atoms with E-state index in [1.807, 2.05) is 31.2 Å². The number of benzene rings is 2. The highest BCUT2D eigenvalue weighted by molar-refractivity contribution is 9.10. The van der Waals surface area contributed by atoms with Gasteiger partial charge in [0.2, 0.25) is 0 Å². The average Bonchev–Trinajstić information content (AvgIpc) is 2.32. The van der Waals surface area contributed by atoms with Gasteiger partial charge in [-0.3, -0.25) is 0 Å². The molecule has 0 saturated heterocycles. The summed E-state index contributed by atoms with van der Waals surface area (Å²) in [4.78, 5) is 0. The number of anilines is 1. The standard InChI is InChI=1S/C14H12Br2ClN/c1-9-5-12(16)14(7-13(9)17)18-8-10-3-2-4-11(15)6-10/h2-7,18H,8H2,1H3. The van der Waals surface area contributed by atoms with Gasteiger partial charge < -0.3 is 5.32 Å². The van der Waals surface area contributed by atoms with Crippen LogP contribution in [0.25, 0.3) is 0 Å². The lowest BCUT2D eigenvalue weighted by atomic mass is 10.2. The molecule has 94 valence electrons. The molecule has 2 aromatic carbocycles. The van der Waals surface area contributed by atoms with E-state index < -0.39 is 0 Å². The van der Waals surface area contributed by atoms with Gasteiger partial charge >= 0.3 is 0 Å². The van der Waals surface area contributed by atoms with Crippen LogP contribution in [0.15, 0.2) is 45.3 Å². The fourth-order valence-electron chi connectivity index (χ4n) is 1.63. The molecule has 18 heavy (non-hydrogen) atoms. The summed E-state index contributed by atoms with van der Waals surface area (Å²) in [5.74, 6) is 0. The summed E-state index contributed by atoms with van der Waals surface area (Å²) in [6.07, 6.45) is 0. The molecule has 0 aliphatic carbocycles. The van der Waals surface area contributed by atoms with Gasteiger partial charge in [0, 0.05) is 20.5 Å². The van der Waals surface area contributed by atoms with E-state index in [2.05, 4.69) is 49.3 Å². The summed E-state index contributed by atoms with van der Waals surface area (Å²) < 4.78 is 2.11. The van der Waals surface area contributed by atoms with Gasteiger partial charge in [-0.25, -0.2) is 0 Å². The molecule has 0 heterocycles. The van der Waals surface area contributed by atoms with Gasteiger partial charge in [0.25, 0.3) is 0 Å². The minimum atomic E-state index is 0.761. The third-order valence-corrected chi connectivity index (χ3v) is 4.18. The predicted molar refractivity (Wildman–Crippen MR) is 85.4 cm³/mol. The highest BCUT2D eigenvalue weighted by Gasteiger charge is 2.04. The van der Waals surface area contributed by atoms with Crippen molar-refractivity contribution in [2.75, 3.05) is 5.32 Å². The molecule has 4 heteroatoms. The first-order chi connectivity index (χ1) is 8.56. The summed E-state index contributed by atoms with van der Waals surface area (Å²) >= 11 is 13.1. The van der Waals surface area contributed by atoms with Gasteiger partial charge in [0.1, 0.15) is 0 Å². The number of aryl methyl sites for hydroxylation is 1. The van der Waals surface area contributed by atoms with E-state index in [1.54, 1.807) is 0 Å². The molecule has 0 atom stereocenters. The highest BCUT2D eigenvalue weighted by atomic mass is 79.9. The number of hydrogen-bond donors (Lipinski definition) is 1. The first kappa shape index (κ1) is 13.9. The molecule has 0 spiro atoms. The monoisotopic (exact) mass is 387 g/mol. The Bertz CT molecular complexity index is 570. The van der Waals surface area contributed by atoms with Crippen LogP contribution in [-0.4, -0.2) is 0 Å². The molecule has 1 N–H and O–H groups in total. The Morgan fingerprint density at radius 1 is 1.17 bits per heavy atom. The number of halogens is 3. The van der Waals surface area contributed by atoms with Crippen molar-refractivity contribution in [3.8, 4) is 0 Å². The van der Waals surface area contributed by atoms with E-state index in [4.69, 9.17) is 11.6 Å². The number of rotatable bonds is 3. The maximum Gasteiger partial charge on any atom is 0.0502 e. The summed E-state index contributed by atoms with van der Waals surface area (Å²) in [6.45, 7) is 2.75. The third kappa shape index (κ3) is 3.50. The van der Waals surface area contributed by atoms with Crippen LogP contribution in [0.3, 0.4) is 0 Å². The molecular formula is C14H12Br2ClN. The topological polar surface area (TPSA) is 12.0 Å². The lowest BCUT2D eigenvalue weighted by Crippen LogP contribution is -2.00. The van der Waals surface area contributed by atoms with Crippen molar-refractivity contribution in [3.05, 3.63) is 61.5 Å². The second kappa shape index (κ2) is 6.09. The van der Waals surface area contributed by atoms with Crippen molar-refractivity contribution in [2.24, 2.45) is 0 Å². The van der Waals surface area contributed by atoms with Crippen LogP contribution in [-0.2, 0) is 6.54 Å². The number of nitrogens with one attached hydrogen (secondary N) is 1. The molecule has 0 amide bonds. The molecule has 0 fully saturated rings. The largest absolute Gasteiger partial charge is 0.380 e. The molecule has 2 aromatic rings. The SMILES string of the molecule is Cc1cc(Br)c(NCc2cccc(Br)c2)cc1Cl. The smallest absolute Gasteiger partial charge is 0.0502 e. The van der Waals surface area contributed by atoms with Crippen molar-refractivity contribution >= 4 is 49.1 Å². The van der Waals surface area contributed by atoms with Crippen LogP contribution in [0, 0.1) is 6.92 Å². The van der Waals surface area contributed by atoms with Crippen molar-refractivity contribution in [3.63, 3.8) is 0 Å². The van der Waals surface area contributed by atoms with Gasteiger partial charge in [-0.15, -0.1) is 0 Å². The number of hydrogen-bond acceptors (Lipinski definition) is 1. The van der Waals surface area contributed by atoms with Gasteiger partial charge in [-0.1, -0.05) is 39.7 Å². The minimum Gasteiger partial charge on any atom is -0.380 e. The van der Waals surface area contributed by atoms with Gasteiger partial charge in [0.05, 0.1) is 5.69 Å². The first-order valence-corrected chi connectivity index (χ1v) is 7.46. The normalized spacial score (nSPS) is 10.4. The zero-order valence-corrected chi connectivity index (χ0v) is 13.7. The predicted octanol–water partition coefficient (Wildman–Crippen LogP) is 5.79. The zero-order valence-electron chi connectivity index (χ0n) is 9.81. The Kier molecular flexibility index (Phi) is 4.71. The first-order valence-electron chi connectivity index (χ1n) is 5.50. The lowest BCUT2D eigenvalue weighted by Gasteiger charge is -2.11. The summed E-state index contributed by atoms with van der Waals surface area (Å²) in [7, 11) is 0.